The SMILES string of the molecule is CN(Cc1ccc(C#N)cc1)C(=O)c1ccn(-c2cccc(F)c2)n1. The molecule has 124 valence electrons. The number of carbonyl (C=O) groups is 1. The van der Waals surface area contributed by atoms with Crippen molar-refractivity contribution in [1.29, 1.82) is 5.26 Å². The Morgan fingerprint density at radius 2 is 2.00 bits per heavy atom. The van der Waals surface area contributed by atoms with Gasteiger partial charge in [0.15, 0.2) is 5.69 Å². The molecule has 0 aliphatic rings. The van der Waals surface area contributed by atoms with E-state index < -0.39 is 0 Å². The Morgan fingerprint density at radius 3 is 2.68 bits per heavy atom. The molecule has 0 fully saturated rings. The Hall–Kier alpha value is -3.46. The molecule has 3 aromatic rings. The number of benzene rings is 2. The molecule has 2 aromatic carbocycles. The maximum atomic E-state index is 13.3. The molecule has 0 saturated heterocycles. The zero-order valence-electron chi connectivity index (χ0n) is 13.6. The lowest BCUT2D eigenvalue weighted by Gasteiger charge is -2.16. The van der Waals surface area contributed by atoms with E-state index in [4.69, 9.17) is 5.26 Å². The van der Waals surface area contributed by atoms with E-state index in [1.807, 2.05) is 12.1 Å². The Balaban J connectivity index is 1.73. The van der Waals surface area contributed by atoms with Gasteiger partial charge in [-0.1, -0.05) is 18.2 Å². The quantitative estimate of drug-likeness (QED) is 0.736. The minimum Gasteiger partial charge on any atom is -0.336 e. The second-order valence-corrected chi connectivity index (χ2v) is 5.60. The zero-order valence-corrected chi connectivity index (χ0v) is 13.6. The zero-order chi connectivity index (χ0) is 17.8. The highest BCUT2D eigenvalue weighted by atomic mass is 19.1. The van der Waals surface area contributed by atoms with E-state index in [1.165, 1.54) is 16.8 Å². The fourth-order valence-corrected chi connectivity index (χ4v) is 2.43. The normalized spacial score (nSPS) is 10.3. The summed E-state index contributed by atoms with van der Waals surface area (Å²) >= 11 is 0. The Labute approximate surface area is 144 Å². The van der Waals surface area contributed by atoms with Crippen molar-refractivity contribution in [3.63, 3.8) is 0 Å². The van der Waals surface area contributed by atoms with Gasteiger partial charge in [0.2, 0.25) is 0 Å². The molecule has 0 saturated carbocycles. The number of halogens is 1. The van der Waals surface area contributed by atoms with Gasteiger partial charge in [-0.2, -0.15) is 10.4 Å². The number of amides is 1. The van der Waals surface area contributed by atoms with Crippen LogP contribution in [0.4, 0.5) is 4.39 Å². The molecule has 0 bridgehead atoms. The van der Waals surface area contributed by atoms with E-state index in [-0.39, 0.29) is 17.4 Å². The molecular formula is C19H15FN4O. The van der Waals surface area contributed by atoms with Crippen molar-refractivity contribution < 1.29 is 9.18 Å². The molecule has 0 N–H and O–H groups in total. The topological polar surface area (TPSA) is 61.9 Å². The molecule has 0 atom stereocenters. The molecule has 3 rings (SSSR count). The van der Waals surface area contributed by atoms with Gasteiger partial charge < -0.3 is 4.90 Å². The monoisotopic (exact) mass is 334 g/mol. The van der Waals surface area contributed by atoms with Crippen LogP contribution in [0.25, 0.3) is 5.69 Å². The lowest BCUT2D eigenvalue weighted by atomic mass is 10.1. The van der Waals surface area contributed by atoms with Crippen LogP contribution in [-0.2, 0) is 6.54 Å². The standard InChI is InChI=1S/C19H15FN4O/c1-23(13-15-7-5-14(12-21)6-8-15)19(25)18-9-10-24(22-18)17-4-2-3-16(20)11-17/h2-11H,13H2,1H3. The number of nitriles is 1. The second-order valence-electron chi connectivity index (χ2n) is 5.60. The number of hydrogen-bond donors (Lipinski definition) is 0. The molecule has 25 heavy (non-hydrogen) atoms. The summed E-state index contributed by atoms with van der Waals surface area (Å²) in [4.78, 5) is 14.0. The third kappa shape index (κ3) is 3.72. The average Bonchev–Trinajstić information content (AvgIpc) is 3.12. The van der Waals surface area contributed by atoms with Gasteiger partial charge in [-0.15, -0.1) is 0 Å². The van der Waals surface area contributed by atoms with Crippen molar-refractivity contribution in [1.82, 2.24) is 14.7 Å². The minimum absolute atomic E-state index is 0.237. The minimum atomic E-state index is -0.362. The summed E-state index contributed by atoms with van der Waals surface area (Å²) < 4.78 is 14.8. The molecule has 0 aliphatic heterocycles. The van der Waals surface area contributed by atoms with Crippen LogP contribution in [0.3, 0.4) is 0 Å². The number of carbonyl (C=O) groups excluding carboxylic acids is 1. The highest BCUT2D eigenvalue weighted by Gasteiger charge is 2.15. The fourth-order valence-electron chi connectivity index (χ4n) is 2.43. The maximum Gasteiger partial charge on any atom is 0.274 e. The van der Waals surface area contributed by atoms with Gasteiger partial charge in [0.1, 0.15) is 5.82 Å². The molecule has 0 unspecified atom stereocenters. The maximum absolute atomic E-state index is 13.3. The number of nitrogens with zero attached hydrogens (tertiary/aromatic N) is 4. The largest absolute Gasteiger partial charge is 0.336 e. The lowest BCUT2D eigenvalue weighted by molar-refractivity contribution is 0.0779. The van der Waals surface area contributed by atoms with Crippen molar-refractivity contribution >= 4 is 5.91 Å². The van der Waals surface area contributed by atoms with Gasteiger partial charge in [-0.05, 0) is 42.0 Å². The number of rotatable bonds is 4. The van der Waals surface area contributed by atoms with Crippen LogP contribution in [0.1, 0.15) is 21.6 Å². The van der Waals surface area contributed by atoms with Crippen LogP contribution in [0.5, 0.6) is 0 Å². The Morgan fingerprint density at radius 1 is 1.24 bits per heavy atom. The first-order chi connectivity index (χ1) is 12.1. The Bertz CT molecular complexity index is 941. The van der Waals surface area contributed by atoms with Gasteiger partial charge in [-0.25, -0.2) is 9.07 Å². The van der Waals surface area contributed by atoms with Crippen molar-refractivity contribution in [3.8, 4) is 11.8 Å². The predicted octanol–water partition coefficient (Wildman–Crippen LogP) is 3.16. The van der Waals surface area contributed by atoms with Gasteiger partial charge in [0, 0.05) is 19.8 Å². The highest BCUT2D eigenvalue weighted by Crippen LogP contribution is 2.12. The molecule has 6 heteroatoms. The Kier molecular flexibility index (Phi) is 4.57. The van der Waals surface area contributed by atoms with Crippen LogP contribution in [0, 0.1) is 17.1 Å². The summed E-state index contributed by atoms with van der Waals surface area (Å²) in [5.74, 6) is -0.599. The van der Waals surface area contributed by atoms with Crippen molar-refractivity contribution in [2.45, 2.75) is 6.54 Å². The van der Waals surface area contributed by atoms with Crippen LogP contribution >= 0.6 is 0 Å². The van der Waals surface area contributed by atoms with Crippen molar-refractivity contribution in [2.24, 2.45) is 0 Å². The molecule has 1 aromatic heterocycles. The smallest absolute Gasteiger partial charge is 0.274 e. The van der Waals surface area contributed by atoms with Crippen LogP contribution < -0.4 is 0 Å². The predicted molar refractivity (Wildman–Crippen MR) is 90.5 cm³/mol. The van der Waals surface area contributed by atoms with Gasteiger partial charge >= 0.3 is 0 Å². The second kappa shape index (κ2) is 6.97. The molecule has 0 radical (unpaired) electrons. The number of hydrogen-bond acceptors (Lipinski definition) is 3. The molecule has 0 aliphatic carbocycles. The third-order valence-corrected chi connectivity index (χ3v) is 3.73. The lowest BCUT2D eigenvalue weighted by Crippen LogP contribution is -2.26. The summed E-state index contributed by atoms with van der Waals surface area (Å²) in [6.07, 6.45) is 1.62. The highest BCUT2D eigenvalue weighted by molar-refractivity contribution is 5.92. The van der Waals surface area contributed by atoms with E-state index in [1.54, 1.807) is 48.5 Å². The van der Waals surface area contributed by atoms with E-state index in [0.29, 0.717) is 17.8 Å². The van der Waals surface area contributed by atoms with E-state index >= 15 is 0 Å². The average molecular weight is 334 g/mol. The summed E-state index contributed by atoms with van der Waals surface area (Å²) in [6, 6.07) is 16.7. The van der Waals surface area contributed by atoms with Crippen LogP contribution in [0.2, 0.25) is 0 Å². The first-order valence-corrected chi connectivity index (χ1v) is 7.63. The molecule has 5 nitrogen and oxygen atoms in total. The number of aromatic nitrogens is 2. The van der Waals surface area contributed by atoms with E-state index in [9.17, 15) is 9.18 Å². The van der Waals surface area contributed by atoms with Gasteiger partial charge in [0.25, 0.3) is 5.91 Å². The molecule has 1 amide bonds. The molecule has 0 spiro atoms. The van der Waals surface area contributed by atoms with Crippen molar-refractivity contribution in [2.75, 3.05) is 7.05 Å². The van der Waals surface area contributed by atoms with Crippen LogP contribution in [0.15, 0.2) is 60.8 Å². The first-order valence-electron chi connectivity index (χ1n) is 7.63. The van der Waals surface area contributed by atoms with Gasteiger partial charge in [0.05, 0.1) is 17.3 Å². The van der Waals surface area contributed by atoms with E-state index in [2.05, 4.69) is 11.2 Å². The third-order valence-electron chi connectivity index (χ3n) is 3.73. The molecular weight excluding hydrogens is 319 g/mol. The first kappa shape index (κ1) is 16.4. The van der Waals surface area contributed by atoms with Crippen LogP contribution in [-0.4, -0.2) is 27.6 Å². The summed E-state index contributed by atoms with van der Waals surface area (Å²) in [7, 11) is 1.68. The van der Waals surface area contributed by atoms with Crippen molar-refractivity contribution in [3.05, 3.63) is 83.4 Å². The van der Waals surface area contributed by atoms with Gasteiger partial charge in [-0.3, -0.25) is 4.79 Å². The summed E-state index contributed by atoms with van der Waals surface area (Å²) in [5, 5.41) is 13.0. The summed E-state index contributed by atoms with van der Waals surface area (Å²) in [6.45, 7) is 0.400. The van der Waals surface area contributed by atoms with E-state index in [0.717, 1.165) is 5.56 Å². The summed E-state index contributed by atoms with van der Waals surface area (Å²) in [5.41, 5.74) is 2.32. The molecule has 1 heterocycles. The fraction of sp³-hybridized carbons (Fsp3) is 0.105.